The van der Waals surface area contributed by atoms with Crippen LogP contribution in [0.4, 0.5) is 21.7 Å². The number of benzene rings is 2. The van der Waals surface area contributed by atoms with Gasteiger partial charge in [-0.25, -0.2) is 9.37 Å². The van der Waals surface area contributed by atoms with E-state index in [0.717, 1.165) is 32.0 Å². The van der Waals surface area contributed by atoms with Crippen molar-refractivity contribution in [1.29, 1.82) is 0 Å². The molecule has 3 aromatic rings. The van der Waals surface area contributed by atoms with Crippen LogP contribution in [-0.4, -0.2) is 67.9 Å². The molecule has 0 spiro atoms. The SMILES string of the molecule is CSNc1cc(-c2cc(F)cc(-c3ccc(N(C=O)/C=C\N(C)C)c(Cl)c3)c2O)cc(N2CCNCC2)n1. The van der Waals surface area contributed by atoms with Gasteiger partial charge < -0.3 is 24.9 Å². The Morgan fingerprint density at radius 1 is 1.11 bits per heavy atom. The fraction of sp³-hybridized carbons (Fsp3) is 0.259. The van der Waals surface area contributed by atoms with Crippen molar-refractivity contribution < 1.29 is 14.3 Å². The van der Waals surface area contributed by atoms with E-state index in [0.29, 0.717) is 34.6 Å². The Balaban J connectivity index is 1.76. The summed E-state index contributed by atoms with van der Waals surface area (Å²) in [5, 5.41) is 14.9. The number of hydrogen-bond acceptors (Lipinski definition) is 8. The van der Waals surface area contributed by atoms with E-state index in [-0.39, 0.29) is 16.3 Å². The smallest absolute Gasteiger partial charge is 0.218 e. The van der Waals surface area contributed by atoms with Crippen LogP contribution in [0.3, 0.4) is 0 Å². The number of phenols is 1. The van der Waals surface area contributed by atoms with Crippen LogP contribution < -0.4 is 19.8 Å². The largest absolute Gasteiger partial charge is 0.507 e. The molecule has 0 atom stereocenters. The van der Waals surface area contributed by atoms with Crippen LogP contribution in [0.2, 0.25) is 5.02 Å². The third-order valence-corrected chi connectivity index (χ3v) is 6.74. The first kappa shape index (κ1) is 27.6. The molecule has 200 valence electrons. The Bertz CT molecular complexity index is 1330. The molecule has 0 saturated carbocycles. The number of pyridine rings is 1. The minimum Gasteiger partial charge on any atom is -0.507 e. The van der Waals surface area contributed by atoms with E-state index >= 15 is 0 Å². The summed E-state index contributed by atoms with van der Waals surface area (Å²) >= 11 is 7.93. The number of amides is 1. The van der Waals surface area contributed by atoms with Crippen LogP contribution in [0.5, 0.6) is 5.75 Å². The Morgan fingerprint density at radius 3 is 2.45 bits per heavy atom. The molecule has 0 aliphatic carbocycles. The first-order chi connectivity index (χ1) is 18.3. The molecule has 1 aliphatic rings. The zero-order valence-corrected chi connectivity index (χ0v) is 23.0. The number of carbonyl (C=O) groups is 1. The zero-order valence-electron chi connectivity index (χ0n) is 21.4. The van der Waals surface area contributed by atoms with E-state index in [4.69, 9.17) is 16.6 Å². The molecule has 1 aromatic heterocycles. The van der Waals surface area contributed by atoms with Gasteiger partial charge in [0.1, 0.15) is 23.2 Å². The van der Waals surface area contributed by atoms with Crippen LogP contribution in [0.25, 0.3) is 22.3 Å². The molecule has 3 N–H and O–H groups in total. The maximum atomic E-state index is 15.0. The molecule has 0 radical (unpaired) electrons. The van der Waals surface area contributed by atoms with Gasteiger partial charge in [0.05, 0.1) is 10.7 Å². The molecular formula is C27H30ClFN6O2S. The number of nitrogens with zero attached hydrogens (tertiary/aromatic N) is 4. The van der Waals surface area contributed by atoms with Gasteiger partial charge in [-0.1, -0.05) is 29.6 Å². The lowest BCUT2D eigenvalue weighted by Crippen LogP contribution is -2.43. The molecule has 0 unspecified atom stereocenters. The molecule has 0 bridgehead atoms. The van der Waals surface area contributed by atoms with Gasteiger partial charge >= 0.3 is 0 Å². The third-order valence-electron chi connectivity index (χ3n) is 6.02. The molecule has 8 nitrogen and oxygen atoms in total. The minimum atomic E-state index is -0.503. The molecule has 1 amide bonds. The fourth-order valence-corrected chi connectivity index (χ4v) is 4.78. The first-order valence-electron chi connectivity index (χ1n) is 12.0. The molecule has 2 aromatic carbocycles. The molecule has 2 heterocycles. The Kier molecular flexibility index (Phi) is 8.98. The normalized spacial score (nSPS) is 13.6. The molecule has 11 heteroatoms. The molecule has 38 heavy (non-hydrogen) atoms. The number of phenolic OH excluding ortho intramolecular Hbond substituents is 1. The third kappa shape index (κ3) is 6.32. The van der Waals surface area contributed by atoms with Gasteiger partial charge in [0, 0.05) is 70.1 Å². The van der Waals surface area contributed by atoms with Gasteiger partial charge in [-0.15, -0.1) is 0 Å². The van der Waals surface area contributed by atoms with Crippen LogP contribution in [-0.2, 0) is 4.79 Å². The van der Waals surface area contributed by atoms with Crippen molar-refractivity contribution >= 4 is 47.3 Å². The number of nitrogens with one attached hydrogen (secondary N) is 2. The summed E-state index contributed by atoms with van der Waals surface area (Å²) in [7, 11) is 3.67. The average Bonchev–Trinajstić information content (AvgIpc) is 2.91. The number of rotatable bonds is 9. The maximum absolute atomic E-state index is 15.0. The fourth-order valence-electron chi connectivity index (χ4n) is 4.18. The summed E-state index contributed by atoms with van der Waals surface area (Å²) in [6, 6.07) is 11.2. The van der Waals surface area contributed by atoms with Crippen molar-refractivity contribution in [1.82, 2.24) is 15.2 Å². The lowest BCUT2D eigenvalue weighted by atomic mass is 9.97. The van der Waals surface area contributed by atoms with Gasteiger partial charge in [0.25, 0.3) is 0 Å². The number of aromatic hydroxyl groups is 1. The van der Waals surface area contributed by atoms with Gasteiger partial charge in [-0.2, -0.15) is 0 Å². The summed E-state index contributed by atoms with van der Waals surface area (Å²) in [5.41, 5.74) is 2.23. The number of piperazine rings is 1. The van der Waals surface area contributed by atoms with Crippen molar-refractivity contribution in [3.63, 3.8) is 0 Å². The Labute approximate surface area is 231 Å². The van der Waals surface area contributed by atoms with Crippen LogP contribution in [0, 0.1) is 5.82 Å². The molecule has 1 fully saturated rings. The summed E-state index contributed by atoms with van der Waals surface area (Å²) in [4.78, 5) is 21.6. The number of halogens is 2. The maximum Gasteiger partial charge on any atom is 0.218 e. The average molecular weight is 557 g/mol. The summed E-state index contributed by atoms with van der Waals surface area (Å²) in [6.07, 6.45) is 5.85. The van der Waals surface area contributed by atoms with Gasteiger partial charge in [0.2, 0.25) is 6.41 Å². The van der Waals surface area contributed by atoms with Gasteiger partial charge in [-0.3, -0.25) is 9.69 Å². The van der Waals surface area contributed by atoms with E-state index in [9.17, 15) is 14.3 Å². The monoisotopic (exact) mass is 556 g/mol. The van der Waals surface area contributed by atoms with E-state index in [1.54, 1.807) is 41.6 Å². The van der Waals surface area contributed by atoms with E-state index < -0.39 is 5.82 Å². The minimum absolute atomic E-state index is 0.0810. The lowest BCUT2D eigenvalue weighted by Gasteiger charge is -2.29. The molecule has 1 aliphatic heterocycles. The molecule has 1 saturated heterocycles. The second-order valence-corrected chi connectivity index (χ2v) is 9.95. The summed E-state index contributed by atoms with van der Waals surface area (Å²) in [5.74, 6) is 0.776. The highest BCUT2D eigenvalue weighted by molar-refractivity contribution is 7.99. The topological polar surface area (TPSA) is 84.0 Å². The number of carbonyl (C=O) groups excluding carboxylic acids is 1. The lowest BCUT2D eigenvalue weighted by molar-refractivity contribution is -0.106. The molecular weight excluding hydrogens is 527 g/mol. The zero-order chi connectivity index (χ0) is 27.2. The predicted octanol–water partition coefficient (Wildman–Crippen LogP) is 5.01. The second-order valence-electron chi connectivity index (χ2n) is 8.93. The summed E-state index contributed by atoms with van der Waals surface area (Å²) < 4.78 is 18.1. The number of aromatic nitrogens is 1. The number of anilines is 3. The van der Waals surface area contributed by atoms with Gasteiger partial charge in [-0.05, 0) is 47.5 Å². The Morgan fingerprint density at radius 2 is 1.82 bits per heavy atom. The molecule has 4 rings (SSSR count). The predicted molar refractivity (Wildman–Crippen MR) is 155 cm³/mol. The van der Waals surface area contributed by atoms with Crippen molar-refractivity contribution in [2.75, 3.05) is 61.1 Å². The quantitative estimate of drug-likeness (QED) is 0.251. The van der Waals surface area contributed by atoms with Crippen LogP contribution in [0.1, 0.15) is 0 Å². The highest BCUT2D eigenvalue weighted by Gasteiger charge is 2.19. The van der Waals surface area contributed by atoms with Gasteiger partial charge in [0.15, 0.2) is 0 Å². The second kappa shape index (κ2) is 12.4. The van der Waals surface area contributed by atoms with E-state index in [2.05, 4.69) is 14.9 Å². The van der Waals surface area contributed by atoms with E-state index in [1.807, 2.05) is 26.4 Å². The first-order valence-corrected chi connectivity index (χ1v) is 13.6. The van der Waals surface area contributed by atoms with Crippen molar-refractivity contribution in [2.24, 2.45) is 0 Å². The van der Waals surface area contributed by atoms with Crippen molar-refractivity contribution in [3.8, 4) is 28.0 Å². The standard InChI is InChI=1S/C27H30ClFN6O2S/c1-33(2)10-11-35(17-36)24-5-4-18(12-23(24)28)21-15-20(29)16-22(27(21)37)19-13-25(32-38-3)31-26(14-19)34-8-6-30-7-9-34/h4-5,10-17,30,37H,6-9H2,1-3H3,(H,31,32)/b11-10-. The van der Waals surface area contributed by atoms with Crippen LogP contribution in [0.15, 0.2) is 54.9 Å². The van der Waals surface area contributed by atoms with Crippen LogP contribution >= 0.6 is 23.5 Å². The highest BCUT2D eigenvalue weighted by Crippen LogP contribution is 2.42. The van der Waals surface area contributed by atoms with Crippen molar-refractivity contribution in [2.45, 2.75) is 0 Å². The summed E-state index contributed by atoms with van der Waals surface area (Å²) in [6.45, 7) is 3.27. The highest BCUT2D eigenvalue weighted by atomic mass is 35.5. The Hall–Kier alpha value is -3.47. The number of hydrogen-bond donors (Lipinski definition) is 3. The van der Waals surface area contributed by atoms with Crippen molar-refractivity contribution in [3.05, 3.63) is 65.7 Å². The van der Waals surface area contributed by atoms with E-state index in [1.165, 1.54) is 29.0 Å².